The smallest absolute Gasteiger partial charge is 0.313 e. The standard InChI is InChI=1S/C15H23NO3/c1-4-6-7-9-13(15(17)19-5-2)12-10-8-11-14(12)16-18-3/h4,10,13H,1,5-9,11H2,2-3H3/b16-14-. The molecule has 0 saturated heterocycles. The van der Waals surface area contributed by atoms with E-state index in [2.05, 4.69) is 17.8 Å². The number of nitrogens with zero attached hydrogens (tertiary/aromatic N) is 1. The Morgan fingerprint density at radius 3 is 3.05 bits per heavy atom. The summed E-state index contributed by atoms with van der Waals surface area (Å²) in [5.41, 5.74) is 1.85. The molecule has 1 aliphatic carbocycles. The van der Waals surface area contributed by atoms with Crippen LogP contribution in [0.1, 0.15) is 39.0 Å². The predicted molar refractivity (Wildman–Crippen MR) is 75.9 cm³/mol. The van der Waals surface area contributed by atoms with E-state index in [9.17, 15) is 4.79 Å². The minimum atomic E-state index is -0.226. The summed E-state index contributed by atoms with van der Waals surface area (Å²) in [5.74, 6) is -0.389. The van der Waals surface area contributed by atoms with Gasteiger partial charge in [0.05, 0.1) is 18.2 Å². The Morgan fingerprint density at radius 2 is 2.42 bits per heavy atom. The van der Waals surface area contributed by atoms with Crippen LogP contribution in [0, 0.1) is 5.92 Å². The average Bonchev–Trinajstić information content (AvgIpc) is 2.83. The molecule has 0 radical (unpaired) electrons. The molecule has 4 nitrogen and oxygen atoms in total. The molecule has 1 atom stereocenters. The number of unbranched alkanes of at least 4 members (excludes halogenated alkanes) is 1. The lowest BCUT2D eigenvalue weighted by atomic mass is 9.92. The van der Waals surface area contributed by atoms with Gasteiger partial charge in [0.25, 0.3) is 0 Å². The molecule has 106 valence electrons. The van der Waals surface area contributed by atoms with Crippen LogP contribution < -0.4 is 0 Å². The zero-order valence-corrected chi connectivity index (χ0v) is 11.9. The highest BCUT2D eigenvalue weighted by molar-refractivity contribution is 6.05. The second-order valence-electron chi connectivity index (χ2n) is 4.44. The van der Waals surface area contributed by atoms with Gasteiger partial charge in [-0.2, -0.15) is 0 Å². The van der Waals surface area contributed by atoms with E-state index >= 15 is 0 Å². The summed E-state index contributed by atoms with van der Waals surface area (Å²) in [5, 5.41) is 4.02. The topological polar surface area (TPSA) is 47.9 Å². The molecule has 0 heterocycles. The second kappa shape index (κ2) is 8.51. The predicted octanol–water partition coefficient (Wildman–Crippen LogP) is 3.24. The van der Waals surface area contributed by atoms with Gasteiger partial charge in [0, 0.05) is 0 Å². The van der Waals surface area contributed by atoms with Gasteiger partial charge in [-0.05, 0) is 44.6 Å². The largest absolute Gasteiger partial charge is 0.466 e. The summed E-state index contributed by atoms with van der Waals surface area (Å²) in [6, 6.07) is 0. The molecule has 0 aromatic rings. The van der Waals surface area contributed by atoms with Crippen molar-refractivity contribution in [2.45, 2.75) is 39.0 Å². The van der Waals surface area contributed by atoms with Crippen molar-refractivity contribution >= 4 is 11.7 Å². The molecule has 0 aliphatic heterocycles. The van der Waals surface area contributed by atoms with Crippen molar-refractivity contribution in [3.8, 4) is 0 Å². The molecule has 0 aromatic heterocycles. The number of hydrogen-bond donors (Lipinski definition) is 0. The second-order valence-corrected chi connectivity index (χ2v) is 4.44. The van der Waals surface area contributed by atoms with E-state index in [0.29, 0.717) is 6.61 Å². The Bertz CT molecular complexity index is 372. The van der Waals surface area contributed by atoms with E-state index in [-0.39, 0.29) is 11.9 Å². The molecular weight excluding hydrogens is 242 g/mol. The van der Waals surface area contributed by atoms with Gasteiger partial charge in [0.2, 0.25) is 0 Å². The van der Waals surface area contributed by atoms with Gasteiger partial charge in [-0.15, -0.1) is 6.58 Å². The summed E-state index contributed by atoms with van der Waals surface area (Å²) in [7, 11) is 1.53. The molecule has 1 rings (SSSR count). The minimum Gasteiger partial charge on any atom is -0.466 e. The molecule has 0 spiro atoms. The molecule has 0 saturated carbocycles. The third-order valence-electron chi connectivity index (χ3n) is 3.13. The fourth-order valence-electron chi connectivity index (χ4n) is 2.29. The molecule has 0 fully saturated rings. The van der Waals surface area contributed by atoms with Gasteiger partial charge >= 0.3 is 5.97 Å². The summed E-state index contributed by atoms with van der Waals surface area (Å²) in [4.78, 5) is 16.9. The van der Waals surface area contributed by atoms with Crippen molar-refractivity contribution in [2.75, 3.05) is 13.7 Å². The normalized spacial score (nSPS) is 18.0. The molecule has 19 heavy (non-hydrogen) atoms. The lowest BCUT2D eigenvalue weighted by Crippen LogP contribution is -2.22. The van der Waals surface area contributed by atoms with Crippen molar-refractivity contribution in [1.82, 2.24) is 0 Å². The van der Waals surface area contributed by atoms with E-state index in [4.69, 9.17) is 9.57 Å². The highest BCUT2D eigenvalue weighted by Gasteiger charge is 2.29. The maximum atomic E-state index is 12.1. The Kier molecular flexibility index (Phi) is 6.93. The average molecular weight is 265 g/mol. The van der Waals surface area contributed by atoms with Crippen molar-refractivity contribution in [1.29, 1.82) is 0 Å². The maximum Gasteiger partial charge on any atom is 0.313 e. The summed E-state index contributed by atoms with van der Waals surface area (Å²) in [6.45, 7) is 5.93. The summed E-state index contributed by atoms with van der Waals surface area (Å²) >= 11 is 0. The lowest BCUT2D eigenvalue weighted by molar-refractivity contribution is -0.146. The van der Waals surface area contributed by atoms with Crippen molar-refractivity contribution in [3.63, 3.8) is 0 Å². The van der Waals surface area contributed by atoms with Gasteiger partial charge in [0.1, 0.15) is 7.11 Å². The zero-order valence-electron chi connectivity index (χ0n) is 11.9. The number of ether oxygens (including phenoxy) is 1. The van der Waals surface area contributed by atoms with Crippen LogP contribution in [-0.4, -0.2) is 25.4 Å². The molecule has 1 unspecified atom stereocenters. The number of rotatable bonds is 8. The molecule has 1 aliphatic rings. The number of oxime groups is 1. The van der Waals surface area contributed by atoms with E-state index in [1.807, 2.05) is 13.0 Å². The quantitative estimate of drug-likeness (QED) is 0.293. The molecule has 0 amide bonds. The van der Waals surface area contributed by atoms with Gasteiger partial charge in [-0.1, -0.05) is 17.3 Å². The lowest BCUT2D eigenvalue weighted by Gasteiger charge is -2.17. The molecule has 0 bridgehead atoms. The van der Waals surface area contributed by atoms with Crippen LogP contribution in [0.25, 0.3) is 0 Å². The molecule has 4 heteroatoms. The number of hydrogen-bond acceptors (Lipinski definition) is 4. The SMILES string of the molecule is C=CCCCC(C(=O)OCC)C1=CCC/C1=N/OC. The number of carbonyl (C=O) groups is 1. The van der Waals surface area contributed by atoms with Gasteiger partial charge < -0.3 is 9.57 Å². The van der Waals surface area contributed by atoms with Gasteiger partial charge in [-0.25, -0.2) is 0 Å². The number of carbonyl (C=O) groups excluding carboxylic acids is 1. The third kappa shape index (κ3) is 4.54. The zero-order chi connectivity index (χ0) is 14.1. The monoisotopic (exact) mass is 265 g/mol. The first-order valence-corrected chi connectivity index (χ1v) is 6.82. The van der Waals surface area contributed by atoms with Crippen LogP contribution in [0.3, 0.4) is 0 Å². The molecular formula is C15H23NO3. The molecule has 0 N–H and O–H groups in total. The van der Waals surface area contributed by atoms with Crippen LogP contribution in [0.15, 0.2) is 29.5 Å². The van der Waals surface area contributed by atoms with E-state index in [1.165, 1.54) is 7.11 Å². The van der Waals surface area contributed by atoms with E-state index < -0.39 is 0 Å². The Labute approximate surface area is 115 Å². The van der Waals surface area contributed by atoms with Crippen molar-refractivity contribution < 1.29 is 14.4 Å². The highest BCUT2D eigenvalue weighted by Crippen LogP contribution is 2.28. The first-order chi connectivity index (χ1) is 9.24. The molecule has 0 aromatic carbocycles. The van der Waals surface area contributed by atoms with E-state index in [1.54, 1.807) is 0 Å². The van der Waals surface area contributed by atoms with Crippen LogP contribution >= 0.6 is 0 Å². The van der Waals surface area contributed by atoms with E-state index in [0.717, 1.165) is 43.4 Å². The number of allylic oxidation sites excluding steroid dienone is 2. The van der Waals surface area contributed by atoms with Gasteiger partial charge in [0.15, 0.2) is 0 Å². The Hall–Kier alpha value is -1.58. The minimum absolute atomic E-state index is 0.163. The van der Waals surface area contributed by atoms with Crippen LogP contribution in [0.4, 0.5) is 0 Å². The van der Waals surface area contributed by atoms with Crippen LogP contribution in [-0.2, 0) is 14.4 Å². The first-order valence-electron chi connectivity index (χ1n) is 6.82. The van der Waals surface area contributed by atoms with Crippen LogP contribution in [0.2, 0.25) is 0 Å². The highest BCUT2D eigenvalue weighted by atomic mass is 16.6. The van der Waals surface area contributed by atoms with Gasteiger partial charge in [-0.3, -0.25) is 4.79 Å². The fourth-order valence-corrected chi connectivity index (χ4v) is 2.29. The van der Waals surface area contributed by atoms with Crippen molar-refractivity contribution in [3.05, 3.63) is 24.3 Å². The Balaban J connectivity index is 2.79. The summed E-state index contributed by atoms with van der Waals surface area (Å²) in [6.07, 6.45) is 8.28. The maximum absolute atomic E-state index is 12.1. The summed E-state index contributed by atoms with van der Waals surface area (Å²) < 4.78 is 5.17. The number of esters is 1. The van der Waals surface area contributed by atoms with Crippen LogP contribution in [0.5, 0.6) is 0 Å². The third-order valence-corrected chi connectivity index (χ3v) is 3.13. The first kappa shape index (κ1) is 15.5. The Morgan fingerprint density at radius 1 is 1.63 bits per heavy atom. The fraction of sp³-hybridized carbons (Fsp3) is 0.600. The van der Waals surface area contributed by atoms with Crippen molar-refractivity contribution in [2.24, 2.45) is 11.1 Å².